The third-order valence-corrected chi connectivity index (χ3v) is 8.86. The molecule has 0 saturated carbocycles. The molecule has 0 bridgehead atoms. The van der Waals surface area contributed by atoms with Gasteiger partial charge in [-0.15, -0.1) is 0 Å². The minimum absolute atomic E-state index is 0.0538. The van der Waals surface area contributed by atoms with Gasteiger partial charge in [-0.05, 0) is 58.9 Å². The van der Waals surface area contributed by atoms with E-state index in [1.807, 2.05) is 58.9 Å². The first kappa shape index (κ1) is 25.9. The van der Waals surface area contributed by atoms with Gasteiger partial charge in [0.05, 0.1) is 29.3 Å². The number of aromatic nitrogens is 1. The SMILES string of the molecule is Cc1ccc(S(=O)(=O)n2c(COCC3O[C@@H]4OC(C)(C)OC4C4OC(C)(C)O[C@@H]34)cc3ccccc32)cc1. The van der Waals surface area contributed by atoms with Crippen LogP contribution in [0.25, 0.3) is 10.9 Å². The molecular formula is C28H33NO8S. The standard InChI is InChI=1S/C28H33NO8S/c1-17-10-12-20(13-11-17)38(30,31)29-19(14-18-8-6-7-9-21(18)29)15-32-16-22-23-24(35-27(2,3)34-23)25-26(33-22)37-28(4,5)36-25/h6-14,22-26H,15-16H2,1-5H3/t22?,23-,24?,25?,26+/m0/s1. The van der Waals surface area contributed by atoms with Crippen LogP contribution in [0.1, 0.15) is 39.0 Å². The Hall–Kier alpha value is -2.31. The Morgan fingerprint density at radius 3 is 2.29 bits per heavy atom. The topological polar surface area (TPSA) is 94.5 Å². The average Bonchev–Trinajstić information content (AvgIpc) is 3.48. The largest absolute Gasteiger partial charge is 0.372 e. The van der Waals surface area contributed by atoms with E-state index in [0.717, 1.165) is 10.9 Å². The minimum atomic E-state index is -3.86. The summed E-state index contributed by atoms with van der Waals surface area (Å²) in [6, 6.07) is 16.1. The van der Waals surface area contributed by atoms with Crippen LogP contribution in [0.2, 0.25) is 0 Å². The number of ether oxygens (including phenoxy) is 6. The van der Waals surface area contributed by atoms with Crippen LogP contribution in [0.3, 0.4) is 0 Å². The molecule has 0 aliphatic carbocycles. The third-order valence-electron chi connectivity index (χ3n) is 7.08. The van der Waals surface area contributed by atoms with Crippen LogP contribution < -0.4 is 0 Å². The van der Waals surface area contributed by atoms with E-state index in [2.05, 4.69) is 0 Å². The Bertz CT molecular complexity index is 1450. The molecule has 0 radical (unpaired) electrons. The molecular weight excluding hydrogens is 510 g/mol. The molecule has 3 fully saturated rings. The highest BCUT2D eigenvalue weighted by atomic mass is 32.2. The monoisotopic (exact) mass is 543 g/mol. The second kappa shape index (κ2) is 9.12. The summed E-state index contributed by atoms with van der Waals surface area (Å²) < 4.78 is 65.5. The van der Waals surface area contributed by atoms with Crippen LogP contribution in [-0.4, -0.2) is 61.3 Å². The summed E-state index contributed by atoms with van der Waals surface area (Å²) in [5.41, 5.74) is 2.10. The van der Waals surface area contributed by atoms with Crippen molar-refractivity contribution in [2.75, 3.05) is 6.61 Å². The summed E-state index contributed by atoms with van der Waals surface area (Å²) in [7, 11) is -3.86. The maximum absolute atomic E-state index is 13.7. The number of aryl methyl sites for hydroxylation is 1. The fraction of sp³-hybridized carbons (Fsp3) is 0.500. The third kappa shape index (κ3) is 4.58. The zero-order valence-electron chi connectivity index (χ0n) is 22.1. The molecule has 5 atom stereocenters. The summed E-state index contributed by atoms with van der Waals surface area (Å²) in [5, 5.41) is 0.812. The van der Waals surface area contributed by atoms with Crippen molar-refractivity contribution in [3.8, 4) is 0 Å². The van der Waals surface area contributed by atoms with Crippen LogP contribution in [0.15, 0.2) is 59.5 Å². The molecule has 204 valence electrons. The number of rotatable bonds is 6. The van der Waals surface area contributed by atoms with Crippen molar-refractivity contribution in [1.82, 2.24) is 3.97 Å². The van der Waals surface area contributed by atoms with Gasteiger partial charge in [-0.1, -0.05) is 35.9 Å². The van der Waals surface area contributed by atoms with E-state index in [1.54, 1.807) is 30.3 Å². The van der Waals surface area contributed by atoms with E-state index < -0.39 is 46.2 Å². The molecule has 38 heavy (non-hydrogen) atoms. The fourth-order valence-electron chi connectivity index (χ4n) is 5.49. The highest BCUT2D eigenvalue weighted by Crippen LogP contribution is 2.44. The molecule has 3 unspecified atom stereocenters. The Balaban J connectivity index is 1.25. The first-order valence-corrected chi connectivity index (χ1v) is 14.2. The van der Waals surface area contributed by atoms with Gasteiger partial charge in [0.15, 0.2) is 17.9 Å². The van der Waals surface area contributed by atoms with Gasteiger partial charge < -0.3 is 28.4 Å². The van der Waals surface area contributed by atoms with Gasteiger partial charge in [0, 0.05) is 5.39 Å². The smallest absolute Gasteiger partial charge is 0.268 e. The normalized spacial score (nSPS) is 29.9. The molecule has 6 rings (SSSR count). The van der Waals surface area contributed by atoms with Crippen LogP contribution in [-0.2, 0) is 45.1 Å². The van der Waals surface area contributed by atoms with Crippen LogP contribution in [0.5, 0.6) is 0 Å². The Labute approximate surface area is 222 Å². The highest BCUT2D eigenvalue weighted by molar-refractivity contribution is 7.90. The van der Waals surface area contributed by atoms with Crippen molar-refractivity contribution in [1.29, 1.82) is 0 Å². The summed E-state index contributed by atoms with van der Waals surface area (Å²) in [4.78, 5) is 0.218. The van der Waals surface area contributed by atoms with Gasteiger partial charge in [0.25, 0.3) is 10.0 Å². The minimum Gasteiger partial charge on any atom is -0.372 e. The quantitative estimate of drug-likeness (QED) is 0.459. The lowest BCUT2D eigenvalue weighted by atomic mass is 9.99. The van der Waals surface area contributed by atoms with Crippen LogP contribution in [0, 0.1) is 6.92 Å². The maximum atomic E-state index is 13.7. The highest BCUT2D eigenvalue weighted by Gasteiger charge is 2.60. The lowest BCUT2D eigenvalue weighted by molar-refractivity contribution is -0.243. The molecule has 9 nitrogen and oxygen atoms in total. The summed E-state index contributed by atoms with van der Waals surface area (Å²) >= 11 is 0. The number of fused-ring (bicyclic) bond motifs is 4. The Kier molecular flexibility index (Phi) is 6.23. The molecule has 3 saturated heterocycles. The maximum Gasteiger partial charge on any atom is 0.268 e. The number of hydrogen-bond acceptors (Lipinski definition) is 8. The fourth-order valence-corrected chi connectivity index (χ4v) is 7.02. The molecule has 10 heteroatoms. The summed E-state index contributed by atoms with van der Waals surface area (Å²) in [6.07, 6.45) is -2.34. The van der Waals surface area contributed by atoms with E-state index in [1.165, 1.54) is 3.97 Å². The zero-order chi connectivity index (χ0) is 26.9. The van der Waals surface area contributed by atoms with Gasteiger partial charge >= 0.3 is 0 Å². The van der Waals surface area contributed by atoms with Gasteiger partial charge in [-0.25, -0.2) is 12.4 Å². The van der Waals surface area contributed by atoms with Crippen molar-refractivity contribution < 1.29 is 36.8 Å². The molecule has 3 aliphatic heterocycles. The van der Waals surface area contributed by atoms with Crippen LogP contribution in [0.4, 0.5) is 0 Å². The van der Waals surface area contributed by atoms with Crippen molar-refractivity contribution in [2.24, 2.45) is 0 Å². The van der Waals surface area contributed by atoms with Gasteiger partial charge in [0.2, 0.25) is 0 Å². The van der Waals surface area contributed by atoms with Gasteiger partial charge in [-0.3, -0.25) is 0 Å². The van der Waals surface area contributed by atoms with Crippen molar-refractivity contribution in [2.45, 2.75) is 88.4 Å². The molecule has 2 aromatic carbocycles. The van der Waals surface area contributed by atoms with Gasteiger partial charge in [0.1, 0.15) is 24.4 Å². The predicted octanol–water partition coefficient (Wildman–Crippen LogP) is 4.10. The Morgan fingerprint density at radius 1 is 0.868 bits per heavy atom. The molecule has 3 aromatic rings. The summed E-state index contributed by atoms with van der Waals surface area (Å²) in [6.45, 7) is 9.51. The lowest BCUT2D eigenvalue weighted by Gasteiger charge is -2.37. The van der Waals surface area contributed by atoms with E-state index in [9.17, 15) is 8.42 Å². The number of para-hydroxylation sites is 1. The molecule has 3 aliphatic rings. The molecule has 0 spiro atoms. The number of nitrogens with zero attached hydrogens (tertiary/aromatic N) is 1. The second-order valence-electron chi connectivity index (χ2n) is 11.0. The lowest BCUT2D eigenvalue weighted by Crippen LogP contribution is -2.56. The first-order chi connectivity index (χ1) is 17.9. The number of hydrogen-bond donors (Lipinski definition) is 0. The van der Waals surface area contributed by atoms with Crippen molar-refractivity contribution in [3.05, 3.63) is 65.9 Å². The van der Waals surface area contributed by atoms with E-state index in [-0.39, 0.29) is 24.2 Å². The molecule has 0 N–H and O–H groups in total. The van der Waals surface area contributed by atoms with E-state index in [4.69, 9.17) is 28.4 Å². The first-order valence-electron chi connectivity index (χ1n) is 12.8. The Morgan fingerprint density at radius 2 is 1.53 bits per heavy atom. The average molecular weight is 544 g/mol. The van der Waals surface area contributed by atoms with Crippen molar-refractivity contribution >= 4 is 20.9 Å². The van der Waals surface area contributed by atoms with Crippen LogP contribution >= 0.6 is 0 Å². The molecule has 1 aromatic heterocycles. The number of benzene rings is 2. The molecule has 0 amide bonds. The second-order valence-corrected chi connectivity index (χ2v) is 12.8. The van der Waals surface area contributed by atoms with Gasteiger partial charge in [-0.2, -0.15) is 0 Å². The van der Waals surface area contributed by atoms with E-state index >= 15 is 0 Å². The van der Waals surface area contributed by atoms with Crippen molar-refractivity contribution in [3.63, 3.8) is 0 Å². The zero-order valence-corrected chi connectivity index (χ0v) is 22.9. The van der Waals surface area contributed by atoms with E-state index in [0.29, 0.717) is 11.2 Å². The summed E-state index contributed by atoms with van der Waals surface area (Å²) in [5.74, 6) is -1.62. The predicted molar refractivity (Wildman–Crippen MR) is 138 cm³/mol. The molecule has 4 heterocycles.